The van der Waals surface area contributed by atoms with Crippen LogP contribution in [0.5, 0.6) is 0 Å². The number of carbonyl (C=O) groups excluding carboxylic acids is 1. The summed E-state index contributed by atoms with van der Waals surface area (Å²) in [4.78, 5) is 21.7. The molecule has 0 atom stereocenters. The Hall–Kier alpha value is -3.26. The second-order valence-electron chi connectivity index (χ2n) is 5.29. The van der Waals surface area contributed by atoms with E-state index in [1.165, 1.54) is 34.3 Å². The Labute approximate surface area is 173 Å². The van der Waals surface area contributed by atoms with Crippen LogP contribution in [0.2, 0.25) is 0 Å². The predicted octanol–water partition coefficient (Wildman–Crippen LogP) is 1.10. The van der Waals surface area contributed by atoms with Gasteiger partial charge in [0.2, 0.25) is 10.3 Å². The molecule has 0 bridgehead atoms. The molecule has 0 spiro atoms. The van der Waals surface area contributed by atoms with Crippen molar-refractivity contribution in [1.82, 2.24) is 0 Å². The zero-order valence-electron chi connectivity index (χ0n) is 14.9. The minimum Gasteiger partial charge on any atom is -0.478 e. The van der Waals surface area contributed by atoms with E-state index in [9.17, 15) is 9.59 Å². The topological polar surface area (TPSA) is 190 Å². The third-order valence-corrected chi connectivity index (χ3v) is 5.65. The first-order valence-corrected chi connectivity index (χ1v) is 9.94. The normalized spacial score (nSPS) is 11.8. The number of hydrazine groups is 2. The number of benzene rings is 2. The molecule has 0 fully saturated rings. The van der Waals surface area contributed by atoms with Crippen LogP contribution < -0.4 is 33.4 Å². The Kier molecular flexibility index (Phi) is 7.85. The second kappa shape index (κ2) is 10.3. The van der Waals surface area contributed by atoms with Crippen molar-refractivity contribution in [1.29, 1.82) is 0 Å². The van der Waals surface area contributed by atoms with Crippen LogP contribution >= 0.6 is 21.6 Å². The minimum absolute atomic E-state index is 0.118. The first-order chi connectivity index (χ1) is 13.9. The molecule has 0 radical (unpaired) electrons. The van der Waals surface area contributed by atoms with Crippen molar-refractivity contribution in [2.75, 3.05) is 10.0 Å². The zero-order chi connectivity index (χ0) is 21.4. The number of aldehydes is 1. The number of aromatic carboxylic acids is 1. The van der Waals surface area contributed by atoms with Crippen molar-refractivity contribution in [3.05, 3.63) is 59.7 Å². The average molecular weight is 435 g/mol. The molecule has 2 rings (SSSR count). The van der Waals surface area contributed by atoms with Crippen LogP contribution in [0.25, 0.3) is 0 Å². The largest absolute Gasteiger partial charge is 0.478 e. The summed E-state index contributed by atoms with van der Waals surface area (Å²) in [6.45, 7) is 0. The van der Waals surface area contributed by atoms with E-state index >= 15 is 0 Å². The number of nitrogens with zero attached hydrogens (tertiary/aromatic N) is 4. The van der Waals surface area contributed by atoms with E-state index in [0.717, 1.165) is 27.9 Å². The number of rotatable bonds is 4. The molecule has 13 heteroatoms. The van der Waals surface area contributed by atoms with Crippen molar-refractivity contribution in [2.45, 2.75) is 0 Å². The Balaban J connectivity index is 2.07. The quantitative estimate of drug-likeness (QED) is 0.116. The highest BCUT2D eigenvalue weighted by Gasteiger charge is 2.17. The van der Waals surface area contributed by atoms with E-state index in [4.69, 9.17) is 28.5 Å². The standard InChI is InChI=1S/C16H18N8O3S2/c17-21-15(23(19)12-5-1-10(9-25)2-6-12)28-29-16(22-18)24(20)13-7-3-11(4-8-13)14(26)27/h1-9H,17-20H2,(H,26,27)/b21-15+,22-16+. The van der Waals surface area contributed by atoms with E-state index in [-0.39, 0.29) is 15.9 Å². The molecule has 11 nitrogen and oxygen atoms in total. The number of hydrogen-bond donors (Lipinski definition) is 5. The molecule has 9 N–H and O–H groups in total. The summed E-state index contributed by atoms with van der Waals surface area (Å²) in [5.41, 5.74) is 1.63. The Bertz CT molecular complexity index is 919. The molecule has 0 aromatic heterocycles. The molecule has 152 valence electrons. The lowest BCUT2D eigenvalue weighted by molar-refractivity contribution is 0.0696. The highest BCUT2D eigenvalue weighted by molar-refractivity contribution is 8.87. The SMILES string of the molecule is N/N=C(/SS/C(=N/N)N(N)c1ccc(C(=O)O)cc1)N(N)c1ccc(C=O)cc1. The summed E-state index contributed by atoms with van der Waals surface area (Å²) in [6, 6.07) is 12.3. The highest BCUT2D eigenvalue weighted by Crippen LogP contribution is 2.29. The van der Waals surface area contributed by atoms with Crippen molar-refractivity contribution >= 4 is 55.6 Å². The number of nitrogens with two attached hydrogens (primary N) is 4. The molecule has 0 aliphatic rings. The maximum Gasteiger partial charge on any atom is 0.335 e. The van der Waals surface area contributed by atoms with Gasteiger partial charge < -0.3 is 16.8 Å². The third-order valence-electron chi connectivity index (χ3n) is 3.52. The molecule has 0 aliphatic heterocycles. The number of hydrogen-bond acceptors (Lipinski definition) is 10. The minimum atomic E-state index is -1.05. The number of anilines is 2. The van der Waals surface area contributed by atoms with Crippen LogP contribution in [0.3, 0.4) is 0 Å². The van der Waals surface area contributed by atoms with Gasteiger partial charge in [0.25, 0.3) is 0 Å². The molecule has 0 heterocycles. The molecule has 2 aromatic rings. The Morgan fingerprint density at radius 3 is 1.62 bits per heavy atom. The van der Waals surface area contributed by atoms with Crippen molar-refractivity contribution in [3.63, 3.8) is 0 Å². The number of amidine groups is 2. The van der Waals surface area contributed by atoms with Gasteiger partial charge in [0.1, 0.15) is 6.29 Å². The maximum atomic E-state index is 10.9. The summed E-state index contributed by atoms with van der Waals surface area (Å²) in [6.07, 6.45) is 0.718. The number of carboxylic acids is 1. The lowest BCUT2D eigenvalue weighted by Gasteiger charge is -2.21. The highest BCUT2D eigenvalue weighted by atomic mass is 33.1. The van der Waals surface area contributed by atoms with Gasteiger partial charge in [0.05, 0.1) is 16.9 Å². The fraction of sp³-hybridized carbons (Fsp3) is 0. The zero-order valence-corrected chi connectivity index (χ0v) is 16.5. The maximum absolute atomic E-state index is 10.9. The van der Waals surface area contributed by atoms with Crippen LogP contribution in [0.4, 0.5) is 11.4 Å². The fourth-order valence-corrected chi connectivity index (χ4v) is 3.82. The van der Waals surface area contributed by atoms with Gasteiger partial charge in [-0.2, -0.15) is 10.2 Å². The number of carboxylic acid groups (broad SMARTS) is 1. The summed E-state index contributed by atoms with van der Waals surface area (Å²) in [7, 11) is 2.08. The van der Waals surface area contributed by atoms with E-state index in [0.29, 0.717) is 16.9 Å². The van der Waals surface area contributed by atoms with E-state index < -0.39 is 5.97 Å². The lowest BCUT2D eigenvalue weighted by Crippen LogP contribution is -2.38. The van der Waals surface area contributed by atoms with Crippen LogP contribution in [0.15, 0.2) is 58.7 Å². The molecule has 0 unspecified atom stereocenters. The Morgan fingerprint density at radius 2 is 1.28 bits per heavy atom. The van der Waals surface area contributed by atoms with Crippen LogP contribution in [-0.2, 0) is 0 Å². The summed E-state index contributed by atoms with van der Waals surface area (Å²) < 4.78 is 0. The van der Waals surface area contributed by atoms with Crippen LogP contribution in [0, 0.1) is 0 Å². The van der Waals surface area contributed by atoms with Crippen molar-refractivity contribution in [3.8, 4) is 0 Å². The lowest BCUT2D eigenvalue weighted by atomic mass is 10.2. The smallest absolute Gasteiger partial charge is 0.335 e. The van der Waals surface area contributed by atoms with E-state index in [1.807, 2.05) is 0 Å². The van der Waals surface area contributed by atoms with E-state index in [1.54, 1.807) is 24.3 Å². The van der Waals surface area contributed by atoms with Gasteiger partial charge in [-0.05, 0) is 70.1 Å². The van der Waals surface area contributed by atoms with Gasteiger partial charge in [-0.15, -0.1) is 0 Å². The molecule has 0 aliphatic carbocycles. The molecule has 2 aromatic carbocycles. The van der Waals surface area contributed by atoms with Crippen molar-refractivity contribution < 1.29 is 14.7 Å². The molecule has 0 amide bonds. The summed E-state index contributed by atoms with van der Waals surface area (Å²) in [5.74, 6) is 21.9. The molecular formula is C16H18N8O3S2. The average Bonchev–Trinajstić information content (AvgIpc) is 2.76. The van der Waals surface area contributed by atoms with Gasteiger partial charge in [-0.25, -0.2) is 16.5 Å². The number of carbonyl (C=O) groups is 2. The van der Waals surface area contributed by atoms with Crippen molar-refractivity contribution in [2.24, 2.45) is 33.6 Å². The number of hydrazone groups is 2. The first-order valence-electron chi connectivity index (χ1n) is 7.79. The molecule has 29 heavy (non-hydrogen) atoms. The predicted molar refractivity (Wildman–Crippen MR) is 117 cm³/mol. The van der Waals surface area contributed by atoms with Gasteiger partial charge in [0, 0.05) is 5.56 Å². The monoisotopic (exact) mass is 434 g/mol. The summed E-state index contributed by atoms with van der Waals surface area (Å²) in [5, 5.41) is 19.0. The molecule has 0 saturated carbocycles. The summed E-state index contributed by atoms with van der Waals surface area (Å²) >= 11 is 0. The van der Waals surface area contributed by atoms with Gasteiger partial charge in [0.15, 0.2) is 0 Å². The third kappa shape index (κ3) is 5.61. The fourth-order valence-electron chi connectivity index (χ4n) is 2.02. The Morgan fingerprint density at radius 1 is 0.862 bits per heavy atom. The van der Waals surface area contributed by atoms with Crippen LogP contribution in [0.1, 0.15) is 20.7 Å². The molecule has 0 saturated heterocycles. The second-order valence-corrected chi connectivity index (χ2v) is 7.36. The molecular weight excluding hydrogens is 416 g/mol. The van der Waals surface area contributed by atoms with E-state index in [2.05, 4.69) is 10.2 Å². The van der Waals surface area contributed by atoms with Gasteiger partial charge >= 0.3 is 5.97 Å². The first kappa shape index (κ1) is 22.0. The van der Waals surface area contributed by atoms with Gasteiger partial charge in [-0.3, -0.25) is 14.8 Å². The van der Waals surface area contributed by atoms with Gasteiger partial charge in [-0.1, -0.05) is 0 Å². The van der Waals surface area contributed by atoms with Crippen LogP contribution in [-0.4, -0.2) is 27.7 Å².